The summed E-state index contributed by atoms with van der Waals surface area (Å²) in [5.41, 5.74) is 0.427. The van der Waals surface area contributed by atoms with E-state index >= 15 is 0 Å². The van der Waals surface area contributed by atoms with Crippen LogP contribution in [-0.2, 0) is 9.59 Å². The Morgan fingerprint density at radius 1 is 1.19 bits per heavy atom. The molecule has 6 nitrogen and oxygen atoms in total. The van der Waals surface area contributed by atoms with E-state index < -0.39 is 0 Å². The molecule has 2 N–H and O–H groups in total. The van der Waals surface area contributed by atoms with Crippen LogP contribution in [0.5, 0.6) is 11.5 Å². The zero-order chi connectivity index (χ0) is 15.2. The van der Waals surface area contributed by atoms with E-state index in [0.29, 0.717) is 41.8 Å². The van der Waals surface area contributed by atoms with Gasteiger partial charge < -0.3 is 20.1 Å². The van der Waals surface area contributed by atoms with Crippen molar-refractivity contribution in [3.8, 4) is 11.5 Å². The van der Waals surface area contributed by atoms with Crippen LogP contribution in [0.15, 0.2) is 12.1 Å². The van der Waals surface area contributed by atoms with Crippen molar-refractivity contribution in [1.29, 1.82) is 0 Å². The lowest BCUT2D eigenvalue weighted by atomic mass is 10.2. The fourth-order valence-corrected chi connectivity index (χ4v) is 2.05. The summed E-state index contributed by atoms with van der Waals surface area (Å²) in [4.78, 5) is 23.1. The molecule has 0 radical (unpaired) electrons. The topological polar surface area (TPSA) is 76.7 Å². The first-order chi connectivity index (χ1) is 10.1. The number of hydrogen-bond acceptors (Lipinski definition) is 4. The summed E-state index contributed by atoms with van der Waals surface area (Å²) in [5, 5.41) is 5.53. The van der Waals surface area contributed by atoms with Gasteiger partial charge in [-0.2, -0.15) is 0 Å². The second-order valence-electron chi connectivity index (χ2n) is 4.55. The number of ether oxygens (including phenoxy) is 2. The van der Waals surface area contributed by atoms with Crippen molar-refractivity contribution in [1.82, 2.24) is 5.32 Å². The van der Waals surface area contributed by atoms with Crippen LogP contribution in [-0.4, -0.2) is 31.6 Å². The van der Waals surface area contributed by atoms with Crippen molar-refractivity contribution in [3.05, 3.63) is 17.2 Å². The zero-order valence-corrected chi connectivity index (χ0v) is 12.5. The lowest BCUT2D eigenvalue weighted by Gasteiger charge is -2.20. The molecular weight excluding hydrogens is 296 g/mol. The number of halogens is 1. The second-order valence-corrected chi connectivity index (χ2v) is 4.96. The third-order valence-electron chi connectivity index (χ3n) is 2.83. The lowest BCUT2D eigenvalue weighted by Crippen LogP contribution is -2.32. The maximum absolute atomic E-state index is 11.8. The summed E-state index contributed by atoms with van der Waals surface area (Å²) in [7, 11) is 0. The molecule has 0 saturated carbocycles. The molecule has 0 spiro atoms. The highest BCUT2D eigenvalue weighted by Gasteiger charge is 2.16. The Hall–Kier alpha value is -1.95. The van der Waals surface area contributed by atoms with Crippen molar-refractivity contribution < 1.29 is 19.1 Å². The number of fused-ring (bicyclic) bond motifs is 1. The fourth-order valence-electron chi connectivity index (χ4n) is 1.85. The van der Waals surface area contributed by atoms with Crippen molar-refractivity contribution in [3.63, 3.8) is 0 Å². The summed E-state index contributed by atoms with van der Waals surface area (Å²) in [6.45, 7) is 2.73. The van der Waals surface area contributed by atoms with E-state index in [4.69, 9.17) is 21.1 Å². The number of benzene rings is 1. The van der Waals surface area contributed by atoms with Crippen molar-refractivity contribution >= 4 is 29.1 Å². The van der Waals surface area contributed by atoms with Gasteiger partial charge in [-0.3, -0.25) is 9.59 Å². The Labute approximate surface area is 127 Å². The number of hydrogen-bond donors (Lipinski definition) is 2. The van der Waals surface area contributed by atoms with E-state index in [9.17, 15) is 9.59 Å². The van der Waals surface area contributed by atoms with E-state index in [2.05, 4.69) is 10.6 Å². The monoisotopic (exact) mass is 312 g/mol. The van der Waals surface area contributed by atoms with Crippen LogP contribution < -0.4 is 20.1 Å². The number of rotatable bonds is 5. The maximum atomic E-state index is 11.8. The molecule has 2 rings (SSSR count). The molecule has 0 fully saturated rings. The van der Waals surface area contributed by atoms with Crippen LogP contribution in [0.4, 0.5) is 5.69 Å². The van der Waals surface area contributed by atoms with Gasteiger partial charge in [-0.25, -0.2) is 0 Å². The minimum Gasteiger partial charge on any atom is -0.486 e. The number of anilines is 1. The van der Waals surface area contributed by atoms with Crippen molar-refractivity contribution in [2.24, 2.45) is 0 Å². The van der Waals surface area contributed by atoms with Crippen LogP contribution in [0.3, 0.4) is 0 Å². The number of amides is 2. The van der Waals surface area contributed by atoms with E-state index in [1.807, 2.05) is 6.92 Å². The molecule has 1 aromatic rings. The minimum atomic E-state index is -0.349. The van der Waals surface area contributed by atoms with Crippen LogP contribution in [0.2, 0.25) is 5.02 Å². The Kier molecular flexibility index (Phi) is 5.27. The fraction of sp³-hybridized carbons (Fsp3) is 0.429. The predicted molar refractivity (Wildman–Crippen MR) is 79.0 cm³/mol. The molecule has 0 aliphatic carbocycles. The van der Waals surface area contributed by atoms with Gasteiger partial charge in [0, 0.05) is 18.6 Å². The summed E-state index contributed by atoms with van der Waals surface area (Å²) in [5.74, 6) is 0.593. The Balaban J connectivity index is 1.96. The molecular formula is C14H17ClN2O4. The summed E-state index contributed by atoms with van der Waals surface area (Å²) >= 11 is 6.08. The smallest absolute Gasteiger partial charge is 0.243 e. The number of carbonyl (C=O) groups is 2. The van der Waals surface area contributed by atoms with Gasteiger partial charge >= 0.3 is 0 Å². The first kappa shape index (κ1) is 15.4. The average Bonchev–Trinajstić information content (AvgIpc) is 2.46. The Bertz CT molecular complexity index is 548. The molecule has 0 saturated heterocycles. The van der Waals surface area contributed by atoms with Gasteiger partial charge in [0.25, 0.3) is 0 Å². The first-order valence-electron chi connectivity index (χ1n) is 6.76. The van der Waals surface area contributed by atoms with Crippen LogP contribution in [0.1, 0.15) is 19.8 Å². The van der Waals surface area contributed by atoms with Gasteiger partial charge in [0.1, 0.15) is 13.2 Å². The maximum Gasteiger partial charge on any atom is 0.243 e. The standard InChI is InChI=1S/C14H17ClN2O4/c1-2-3-13(18)16-8-14(19)17-10-7-12-11(6-9(10)15)20-4-5-21-12/h6-7H,2-5,8H2,1H3,(H,16,18)(H,17,19). The zero-order valence-electron chi connectivity index (χ0n) is 11.7. The van der Waals surface area contributed by atoms with Gasteiger partial charge in [0.2, 0.25) is 11.8 Å². The predicted octanol–water partition coefficient (Wildman–Crippen LogP) is 1.97. The largest absolute Gasteiger partial charge is 0.486 e. The molecule has 0 atom stereocenters. The molecule has 21 heavy (non-hydrogen) atoms. The Morgan fingerprint density at radius 2 is 1.86 bits per heavy atom. The van der Waals surface area contributed by atoms with E-state index in [-0.39, 0.29) is 18.4 Å². The van der Waals surface area contributed by atoms with Gasteiger partial charge in [-0.05, 0) is 6.42 Å². The average molecular weight is 313 g/mol. The second kappa shape index (κ2) is 7.17. The highest BCUT2D eigenvalue weighted by molar-refractivity contribution is 6.34. The van der Waals surface area contributed by atoms with E-state index in [0.717, 1.165) is 6.42 Å². The van der Waals surface area contributed by atoms with Crippen LogP contribution in [0.25, 0.3) is 0 Å². The molecule has 1 heterocycles. The summed E-state index contributed by atoms with van der Waals surface area (Å²) in [6.07, 6.45) is 1.14. The molecule has 114 valence electrons. The molecule has 1 aliphatic rings. The summed E-state index contributed by atoms with van der Waals surface area (Å²) < 4.78 is 10.8. The van der Waals surface area contributed by atoms with E-state index in [1.54, 1.807) is 12.1 Å². The number of carbonyl (C=O) groups excluding carboxylic acids is 2. The molecule has 7 heteroatoms. The van der Waals surface area contributed by atoms with E-state index in [1.165, 1.54) is 0 Å². The minimum absolute atomic E-state index is 0.0936. The normalized spacial score (nSPS) is 12.7. The quantitative estimate of drug-likeness (QED) is 0.871. The molecule has 1 aromatic carbocycles. The van der Waals surface area contributed by atoms with Crippen molar-refractivity contribution in [2.45, 2.75) is 19.8 Å². The van der Waals surface area contributed by atoms with Crippen LogP contribution >= 0.6 is 11.6 Å². The Morgan fingerprint density at radius 3 is 2.52 bits per heavy atom. The SMILES string of the molecule is CCCC(=O)NCC(=O)Nc1cc2c(cc1Cl)OCCO2. The molecule has 0 aromatic heterocycles. The molecule has 1 aliphatic heterocycles. The van der Waals surface area contributed by atoms with Gasteiger partial charge in [-0.1, -0.05) is 18.5 Å². The molecule has 0 unspecified atom stereocenters. The summed E-state index contributed by atoms with van der Waals surface area (Å²) in [6, 6.07) is 3.21. The number of nitrogens with one attached hydrogen (secondary N) is 2. The van der Waals surface area contributed by atoms with Gasteiger partial charge in [-0.15, -0.1) is 0 Å². The highest BCUT2D eigenvalue weighted by atomic mass is 35.5. The highest BCUT2D eigenvalue weighted by Crippen LogP contribution is 2.37. The van der Waals surface area contributed by atoms with Crippen molar-refractivity contribution in [2.75, 3.05) is 25.1 Å². The van der Waals surface area contributed by atoms with Gasteiger partial charge in [0.15, 0.2) is 11.5 Å². The van der Waals surface area contributed by atoms with Crippen LogP contribution in [0, 0.1) is 0 Å². The first-order valence-corrected chi connectivity index (χ1v) is 7.13. The molecule has 2 amide bonds. The third kappa shape index (κ3) is 4.26. The van der Waals surface area contributed by atoms with Gasteiger partial charge in [0.05, 0.1) is 17.3 Å². The third-order valence-corrected chi connectivity index (χ3v) is 3.14. The molecule has 0 bridgehead atoms. The lowest BCUT2D eigenvalue weighted by molar-refractivity contribution is -0.124.